The first-order chi connectivity index (χ1) is 16.2. The second kappa shape index (κ2) is 11.6. The van der Waals surface area contributed by atoms with Crippen LogP contribution in [0.5, 0.6) is 5.75 Å². The molecule has 3 aromatic carbocycles. The predicted octanol–water partition coefficient (Wildman–Crippen LogP) is 8.05. The van der Waals surface area contributed by atoms with Crippen LogP contribution in [0.15, 0.2) is 85.5 Å². The third-order valence-corrected chi connectivity index (χ3v) is 6.71. The van der Waals surface area contributed by atoms with Crippen molar-refractivity contribution >= 4 is 0 Å². The highest BCUT2D eigenvalue weighted by Crippen LogP contribution is 2.40. The van der Waals surface area contributed by atoms with E-state index in [9.17, 15) is 0 Å². The Morgan fingerprint density at radius 1 is 0.758 bits per heavy atom. The molecule has 0 amide bonds. The average Bonchev–Trinajstić information content (AvgIpc) is 2.88. The molecule has 0 radical (unpaired) electrons. The van der Waals surface area contributed by atoms with Crippen molar-refractivity contribution < 1.29 is 4.74 Å². The summed E-state index contributed by atoms with van der Waals surface area (Å²) in [6.07, 6.45) is 9.22. The molecule has 1 nitrogen and oxygen atoms in total. The molecular weight excluding hydrogens is 400 g/mol. The van der Waals surface area contributed by atoms with Crippen molar-refractivity contribution in [1.82, 2.24) is 0 Å². The summed E-state index contributed by atoms with van der Waals surface area (Å²) in [5.41, 5.74) is 6.46. The maximum Gasteiger partial charge on any atom is 0.119 e. The molecule has 0 spiro atoms. The van der Waals surface area contributed by atoms with Crippen LogP contribution in [0.25, 0.3) is 0 Å². The van der Waals surface area contributed by atoms with Gasteiger partial charge in [-0.3, -0.25) is 0 Å². The Bertz CT molecular complexity index is 1070. The van der Waals surface area contributed by atoms with Crippen molar-refractivity contribution in [3.05, 3.63) is 113 Å². The van der Waals surface area contributed by atoms with Gasteiger partial charge in [0.05, 0.1) is 6.61 Å². The minimum atomic E-state index is 0.668. The highest BCUT2D eigenvalue weighted by atomic mass is 16.5. The van der Waals surface area contributed by atoms with Crippen molar-refractivity contribution in [3.63, 3.8) is 0 Å². The molecule has 4 rings (SSSR count). The topological polar surface area (TPSA) is 9.23 Å². The molecule has 0 bridgehead atoms. The Hall–Kier alpha value is -3.24. The lowest BCUT2D eigenvalue weighted by molar-refractivity contribution is 0.340. The fourth-order valence-corrected chi connectivity index (χ4v) is 4.77. The van der Waals surface area contributed by atoms with E-state index in [2.05, 4.69) is 67.0 Å². The standard InChI is InChI=1S/C32H34O/c1-3-5-6-25-9-15-28(16-10-25)30-19-21-31(22-20-30)29-17-11-26(12-18-29)7-8-27-13-23-32(24-14-27)33-4-2/h3,9-18,23-24,30-31H,1,4-6,19-22H2,2H3. The number of hydrogen-bond acceptors (Lipinski definition) is 1. The molecule has 1 aliphatic carbocycles. The molecule has 33 heavy (non-hydrogen) atoms. The van der Waals surface area contributed by atoms with Gasteiger partial charge >= 0.3 is 0 Å². The number of hydrogen-bond donors (Lipinski definition) is 0. The van der Waals surface area contributed by atoms with Gasteiger partial charge in [0, 0.05) is 11.1 Å². The fourth-order valence-electron chi connectivity index (χ4n) is 4.77. The number of ether oxygens (including phenoxy) is 1. The first-order valence-electron chi connectivity index (χ1n) is 12.3. The lowest BCUT2D eigenvalue weighted by Crippen LogP contribution is -2.12. The number of benzene rings is 3. The van der Waals surface area contributed by atoms with E-state index in [1.54, 1.807) is 0 Å². The van der Waals surface area contributed by atoms with Crippen LogP contribution in [-0.4, -0.2) is 6.61 Å². The van der Waals surface area contributed by atoms with Crippen molar-refractivity contribution in [2.24, 2.45) is 0 Å². The molecule has 0 unspecified atom stereocenters. The van der Waals surface area contributed by atoms with E-state index in [1.807, 2.05) is 37.3 Å². The third kappa shape index (κ3) is 6.39. The fraction of sp³-hybridized carbons (Fsp3) is 0.312. The summed E-state index contributed by atoms with van der Waals surface area (Å²) in [5, 5.41) is 0. The normalized spacial score (nSPS) is 17.6. The predicted molar refractivity (Wildman–Crippen MR) is 139 cm³/mol. The van der Waals surface area contributed by atoms with Crippen LogP contribution in [0.1, 0.15) is 78.7 Å². The average molecular weight is 435 g/mol. The van der Waals surface area contributed by atoms with Gasteiger partial charge in [-0.2, -0.15) is 0 Å². The lowest BCUT2D eigenvalue weighted by atomic mass is 9.76. The molecule has 0 heterocycles. The third-order valence-electron chi connectivity index (χ3n) is 6.71. The highest BCUT2D eigenvalue weighted by molar-refractivity contribution is 5.45. The Balaban J connectivity index is 1.31. The van der Waals surface area contributed by atoms with Crippen LogP contribution in [-0.2, 0) is 6.42 Å². The number of aryl methyl sites for hydroxylation is 1. The van der Waals surface area contributed by atoms with E-state index in [0.717, 1.165) is 29.7 Å². The first-order valence-corrected chi connectivity index (χ1v) is 12.3. The van der Waals surface area contributed by atoms with Gasteiger partial charge in [0.25, 0.3) is 0 Å². The van der Waals surface area contributed by atoms with E-state index in [0.29, 0.717) is 18.4 Å². The van der Waals surface area contributed by atoms with Crippen LogP contribution in [0, 0.1) is 11.8 Å². The van der Waals surface area contributed by atoms with E-state index in [-0.39, 0.29) is 0 Å². The second-order valence-corrected chi connectivity index (χ2v) is 8.95. The Morgan fingerprint density at radius 3 is 1.73 bits per heavy atom. The van der Waals surface area contributed by atoms with Crippen LogP contribution < -0.4 is 4.74 Å². The molecule has 1 fully saturated rings. The zero-order valence-corrected chi connectivity index (χ0v) is 19.7. The minimum Gasteiger partial charge on any atom is -0.494 e. The summed E-state index contributed by atoms with van der Waals surface area (Å²) in [7, 11) is 0. The largest absolute Gasteiger partial charge is 0.494 e. The minimum absolute atomic E-state index is 0.668. The van der Waals surface area contributed by atoms with Gasteiger partial charge in [0.15, 0.2) is 0 Å². The quantitative estimate of drug-likeness (QED) is 0.270. The highest BCUT2D eigenvalue weighted by Gasteiger charge is 2.23. The molecule has 1 heteroatoms. The maximum atomic E-state index is 5.49. The van der Waals surface area contributed by atoms with Crippen molar-refractivity contribution in [1.29, 1.82) is 0 Å². The van der Waals surface area contributed by atoms with Gasteiger partial charge in [-0.1, -0.05) is 54.3 Å². The number of rotatable bonds is 7. The zero-order chi connectivity index (χ0) is 22.9. The number of allylic oxidation sites excluding steroid dienone is 1. The molecular formula is C32H34O. The first kappa shape index (κ1) is 22.9. The van der Waals surface area contributed by atoms with E-state index < -0.39 is 0 Å². The summed E-state index contributed by atoms with van der Waals surface area (Å²) in [6.45, 7) is 6.50. The summed E-state index contributed by atoms with van der Waals surface area (Å²) in [6, 6.07) is 26.2. The Kier molecular flexibility index (Phi) is 8.04. The molecule has 0 saturated heterocycles. The molecule has 1 aliphatic rings. The van der Waals surface area contributed by atoms with E-state index in [1.165, 1.54) is 42.4 Å². The monoisotopic (exact) mass is 434 g/mol. The molecule has 0 aromatic heterocycles. The summed E-state index contributed by atoms with van der Waals surface area (Å²) >= 11 is 0. The SMILES string of the molecule is C=CCCc1ccc(C2CCC(c3ccc(C#Cc4ccc(OCC)cc4)cc3)CC2)cc1. The summed E-state index contributed by atoms with van der Waals surface area (Å²) < 4.78 is 5.49. The summed E-state index contributed by atoms with van der Waals surface area (Å²) in [4.78, 5) is 0. The smallest absolute Gasteiger partial charge is 0.119 e. The van der Waals surface area contributed by atoms with E-state index in [4.69, 9.17) is 4.74 Å². The zero-order valence-electron chi connectivity index (χ0n) is 19.7. The molecule has 3 aromatic rings. The summed E-state index contributed by atoms with van der Waals surface area (Å²) in [5.74, 6) is 8.81. The second-order valence-electron chi connectivity index (χ2n) is 8.95. The van der Waals surface area contributed by atoms with E-state index >= 15 is 0 Å². The van der Waals surface area contributed by atoms with Crippen LogP contribution >= 0.6 is 0 Å². The Morgan fingerprint density at radius 2 is 1.24 bits per heavy atom. The van der Waals surface area contributed by atoms with Crippen molar-refractivity contribution in [2.75, 3.05) is 6.61 Å². The molecule has 168 valence electrons. The van der Waals surface area contributed by atoms with Crippen LogP contribution in [0.3, 0.4) is 0 Å². The van der Waals surface area contributed by atoms with Crippen molar-refractivity contribution in [3.8, 4) is 17.6 Å². The van der Waals surface area contributed by atoms with Gasteiger partial charge in [0.2, 0.25) is 0 Å². The molecule has 0 N–H and O–H groups in total. The van der Waals surface area contributed by atoms with Crippen molar-refractivity contribution in [2.45, 2.75) is 57.3 Å². The maximum absolute atomic E-state index is 5.49. The van der Waals surface area contributed by atoms with Gasteiger partial charge in [-0.05, 0) is 110 Å². The van der Waals surface area contributed by atoms with Gasteiger partial charge in [-0.25, -0.2) is 0 Å². The van der Waals surface area contributed by atoms with Crippen LogP contribution in [0.2, 0.25) is 0 Å². The van der Waals surface area contributed by atoms with Gasteiger partial charge in [0.1, 0.15) is 5.75 Å². The molecule has 1 saturated carbocycles. The molecule has 0 atom stereocenters. The van der Waals surface area contributed by atoms with Crippen LogP contribution in [0.4, 0.5) is 0 Å². The Labute approximate surface area is 199 Å². The lowest BCUT2D eigenvalue weighted by Gasteiger charge is -2.29. The van der Waals surface area contributed by atoms with Gasteiger partial charge in [-0.15, -0.1) is 6.58 Å². The van der Waals surface area contributed by atoms with Gasteiger partial charge < -0.3 is 4.74 Å². The molecule has 0 aliphatic heterocycles.